The maximum absolute atomic E-state index is 5.49. The summed E-state index contributed by atoms with van der Waals surface area (Å²) < 4.78 is 5.49. The predicted octanol–water partition coefficient (Wildman–Crippen LogP) is 2.22. The first-order valence-electron chi connectivity index (χ1n) is 7.90. The van der Waals surface area contributed by atoms with Crippen molar-refractivity contribution in [2.75, 3.05) is 44.9 Å². The summed E-state index contributed by atoms with van der Waals surface area (Å²) in [5.41, 5.74) is 0. The summed E-state index contributed by atoms with van der Waals surface area (Å²) in [5.74, 6) is 3.45. The van der Waals surface area contributed by atoms with Crippen LogP contribution in [0.3, 0.4) is 0 Å². The van der Waals surface area contributed by atoms with Gasteiger partial charge in [0, 0.05) is 43.3 Å². The summed E-state index contributed by atoms with van der Waals surface area (Å²) in [6.07, 6.45) is 5.08. The van der Waals surface area contributed by atoms with E-state index in [1.807, 2.05) is 0 Å². The second-order valence-electron chi connectivity index (χ2n) is 5.97. The molecule has 19 heavy (non-hydrogen) atoms. The number of nitrogens with one attached hydrogen (secondary N) is 1. The Bertz CT molecular complexity index is 246. The van der Waals surface area contributed by atoms with Crippen molar-refractivity contribution in [1.82, 2.24) is 10.2 Å². The van der Waals surface area contributed by atoms with E-state index in [2.05, 4.69) is 35.9 Å². The topological polar surface area (TPSA) is 24.5 Å². The van der Waals surface area contributed by atoms with Crippen LogP contribution in [-0.2, 0) is 4.74 Å². The second-order valence-corrected chi connectivity index (χ2v) is 7.12. The number of ether oxygens (including phenoxy) is 1. The monoisotopic (exact) mass is 286 g/mol. The lowest BCUT2D eigenvalue weighted by atomic mass is 9.89. The van der Waals surface area contributed by atoms with Crippen LogP contribution in [0.4, 0.5) is 0 Å². The molecule has 0 spiro atoms. The lowest BCUT2D eigenvalue weighted by molar-refractivity contribution is 0.0560. The second kappa shape index (κ2) is 8.50. The number of thioether (sulfide) groups is 1. The molecule has 2 aliphatic rings. The minimum Gasteiger partial charge on any atom is -0.381 e. The van der Waals surface area contributed by atoms with E-state index < -0.39 is 0 Å². The fourth-order valence-electron chi connectivity index (χ4n) is 3.18. The molecule has 0 aliphatic carbocycles. The molecular formula is C15H30N2OS. The van der Waals surface area contributed by atoms with Crippen molar-refractivity contribution in [2.24, 2.45) is 5.92 Å². The van der Waals surface area contributed by atoms with Gasteiger partial charge in [-0.2, -0.15) is 11.8 Å². The normalized spacial score (nSPS) is 28.4. The van der Waals surface area contributed by atoms with Crippen LogP contribution in [0.2, 0.25) is 0 Å². The highest BCUT2D eigenvalue weighted by Gasteiger charge is 2.30. The van der Waals surface area contributed by atoms with Crippen LogP contribution in [-0.4, -0.2) is 61.8 Å². The zero-order chi connectivity index (χ0) is 13.5. The molecule has 2 unspecified atom stereocenters. The smallest absolute Gasteiger partial charge is 0.0468 e. The number of likely N-dealkylation sites (N-methyl/N-ethyl adjacent to an activating group) is 1. The van der Waals surface area contributed by atoms with Crippen molar-refractivity contribution in [2.45, 2.75) is 44.7 Å². The van der Waals surface area contributed by atoms with E-state index >= 15 is 0 Å². The van der Waals surface area contributed by atoms with Gasteiger partial charge in [0.15, 0.2) is 0 Å². The van der Waals surface area contributed by atoms with Crippen molar-refractivity contribution in [1.29, 1.82) is 0 Å². The molecule has 0 aromatic carbocycles. The number of rotatable bonds is 6. The Kier molecular flexibility index (Phi) is 6.99. The van der Waals surface area contributed by atoms with Gasteiger partial charge in [-0.25, -0.2) is 0 Å². The number of nitrogens with zero attached hydrogens (tertiary/aromatic N) is 1. The van der Waals surface area contributed by atoms with Crippen LogP contribution < -0.4 is 5.32 Å². The van der Waals surface area contributed by atoms with E-state index in [9.17, 15) is 0 Å². The molecule has 0 aromatic rings. The summed E-state index contributed by atoms with van der Waals surface area (Å²) in [5, 5.41) is 3.82. The van der Waals surface area contributed by atoms with E-state index in [-0.39, 0.29) is 0 Å². The van der Waals surface area contributed by atoms with Gasteiger partial charge in [0.25, 0.3) is 0 Å². The van der Waals surface area contributed by atoms with Crippen molar-refractivity contribution in [3.63, 3.8) is 0 Å². The third-order valence-electron chi connectivity index (χ3n) is 4.49. The van der Waals surface area contributed by atoms with E-state index in [1.165, 1.54) is 43.7 Å². The molecular weight excluding hydrogens is 256 g/mol. The average Bonchev–Trinajstić information content (AvgIpc) is 2.45. The zero-order valence-corrected chi connectivity index (χ0v) is 13.4. The van der Waals surface area contributed by atoms with Gasteiger partial charge >= 0.3 is 0 Å². The molecule has 0 bridgehead atoms. The Morgan fingerprint density at radius 3 is 2.84 bits per heavy atom. The van der Waals surface area contributed by atoms with Crippen molar-refractivity contribution < 1.29 is 4.74 Å². The molecule has 0 aromatic heterocycles. The molecule has 2 atom stereocenters. The first-order valence-corrected chi connectivity index (χ1v) is 9.05. The Morgan fingerprint density at radius 1 is 1.37 bits per heavy atom. The van der Waals surface area contributed by atoms with E-state index in [1.54, 1.807) is 0 Å². The standard InChI is InChI=1S/C15H30N2OS/c1-3-6-16-14(11-13-4-8-18-9-5-13)15-12-19-10-7-17(15)2/h13-16H,3-12H2,1-2H3. The Morgan fingerprint density at radius 2 is 2.16 bits per heavy atom. The van der Waals surface area contributed by atoms with Crippen molar-refractivity contribution in [3.05, 3.63) is 0 Å². The van der Waals surface area contributed by atoms with Crippen LogP contribution in [0.15, 0.2) is 0 Å². The first-order chi connectivity index (χ1) is 9.31. The Hall–Kier alpha value is 0.230. The molecule has 112 valence electrons. The molecule has 2 heterocycles. The van der Waals surface area contributed by atoms with Crippen molar-refractivity contribution >= 4 is 11.8 Å². The van der Waals surface area contributed by atoms with Gasteiger partial charge in [-0.1, -0.05) is 6.92 Å². The van der Waals surface area contributed by atoms with Crippen LogP contribution >= 0.6 is 11.8 Å². The van der Waals surface area contributed by atoms with Crippen LogP contribution in [0, 0.1) is 5.92 Å². The minimum atomic E-state index is 0.667. The zero-order valence-electron chi connectivity index (χ0n) is 12.6. The van der Waals surface area contributed by atoms with E-state index in [4.69, 9.17) is 4.74 Å². The molecule has 0 amide bonds. The average molecular weight is 286 g/mol. The lowest BCUT2D eigenvalue weighted by Gasteiger charge is -2.40. The maximum Gasteiger partial charge on any atom is 0.0468 e. The highest BCUT2D eigenvalue weighted by molar-refractivity contribution is 7.99. The van der Waals surface area contributed by atoms with Gasteiger partial charge in [-0.15, -0.1) is 0 Å². The van der Waals surface area contributed by atoms with Gasteiger partial charge in [0.1, 0.15) is 0 Å². The Labute approximate surface area is 122 Å². The summed E-state index contributed by atoms with van der Waals surface area (Å²) >= 11 is 2.12. The number of hydrogen-bond donors (Lipinski definition) is 1. The summed E-state index contributed by atoms with van der Waals surface area (Å²) in [6, 6.07) is 1.38. The molecule has 1 N–H and O–H groups in total. The van der Waals surface area contributed by atoms with Gasteiger partial charge < -0.3 is 15.0 Å². The highest BCUT2D eigenvalue weighted by atomic mass is 32.2. The fourth-order valence-corrected chi connectivity index (χ4v) is 4.49. The molecule has 0 saturated carbocycles. The molecule has 3 nitrogen and oxygen atoms in total. The third kappa shape index (κ3) is 4.92. The third-order valence-corrected chi connectivity index (χ3v) is 5.54. The largest absolute Gasteiger partial charge is 0.381 e. The molecule has 2 saturated heterocycles. The summed E-state index contributed by atoms with van der Waals surface area (Å²) in [6.45, 7) is 6.61. The molecule has 2 rings (SSSR count). The minimum absolute atomic E-state index is 0.667. The summed E-state index contributed by atoms with van der Waals surface area (Å²) in [7, 11) is 2.30. The predicted molar refractivity (Wildman–Crippen MR) is 84.0 cm³/mol. The van der Waals surface area contributed by atoms with E-state index in [0.29, 0.717) is 12.1 Å². The van der Waals surface area contributed by atoms with Gasteiger partial charge in [-0.3, -0.25) is 0 Å². The van der Waals surface area contributed by atoms with Gasteiger partial charge in [0.2, 0.25) is 0 Å². The maximum atomic E-state index is 5.49. The van der Waals surface area contributed by atoms with E-state index in [0.717, 1.165) is 25.7 Å². The SMILES string of the molecule is CCCNC(CC1CCOCC1)C1CSCCN1C. The molecule has 2 aliphatic heterocycles. The molecule has 0 radical (unpaired) electrons. The summed E-state index contributed by atoms with van der Waals surface area (Å²) in [4.78, 5) is 2.57. The van der Waals surface area contributed by atoms with Crippen LogP contribution in [0.1, 0.15) is 32.6 Å². The molecule has 4 heteroatoms. The van der Waals surface area contributed by atoms with Gasteiger partial charge in [-0.05, 0) is 45.2 Å². The van der Waals surface area contributed by atoms with Crippen LogP contribution in [0.5, 0.6) is 0 Å². The highest BCUT2D eigenvalue weighted by Crippen LogP contribution is 2.25. The fraction of sp³-hybridized carbons (Fsp3) is 1.00. The van der Waals surface area contributed by atoms with Crippen LogP contribution in [0.25, 0.3) is 0 Å². The quantitative estimate of drug-likeness (QED) is 0.809. The lowest BCUT2D eigenvalue weighted by Crippen LogP contribution is -2.53. The Balaban J connectivity index is 1.89. The van der Waals surface area contributed by atoms with Gasteiger partial charge in [0.05, 0.1) is 0 Å². The number of hydrogen-bond acceptors (Lipinski definition) is 4. The molecule has 2 fully saturated rings. The van der Waals surface area contributed by atoms with Crippen molar-refractivity contribution in [3.8, 4) is 0 Å². The first kappa shape index (κ1) is 15.6.